The van der Waals surface area contributed by atoms with Crippen molar-refractivity contribution in [3.05, 3.63) is 95.8 Å². The Morgan fingerprint density at radius 1 is 0.755 bits per heavy atom. The number of aromatic nitrogens is 1. The van der Waals surface area contributed by atoms with Crippen molar-refractivity contribution in [1.82, 2.24) is 20.9 Å². The lowest BCUT2D eigenvalue weighted by molar-refractivity contribution is -0.00773. The Morgan fingerprint density at radius 2 is 1.31 bits per heavy atom. The van der Waals surface area contributed by atoms with Gasteiger partial charge in [-0.15, -0.1) is 0 Å². The lowest BCUT2D eigenvalue weighted by Gasteiger charge is -2.29. The highest BCUT2D eigenvalue weighted by Gasteiger charge is 2.28. The summed E-state index contributed by atoms with van der Waals surface area (Å²) in [5.74, 6) is 0.690. The number of ether oxygens (including phenoxy) is 3. The maximum atomic E-state index is 12.7. The summed E-state index contributed by atoms with van der Waals surface area (Å²) < 4.78 is 16.6. The van der Waals surface area contributed by atoms with Crippen LogP contribution >= 0.6 is 0 Å². The first kappa shape index (κ1) is 39.2. The van der Waals surface area contributed by atoms with Gasteiger partial charge in [0, 0.05) is 31.4 Å². The number of alkyl carbamates (subject to hydrolysis) is 2. The third kappa shape index (κ3) is 15.2. The number of nitrogens with one attached hydrogen (secondary N) is 3. The van der Waals surface area contributed by atoms with E-state index < -0.39 is 47.7 Å². The molecule has 0 radical (unpaired) electrons. The van der Waals surface area contributed by atoms with Gasteiger partial charge >= 0.3 is 12.2 Å². The SMILES string of the molecule is CC(C)(C)OC(=O)N[C@@H](Cc1ccc(OCCc2ccccn2)cc1)[C@@H](O)CNCC(O)[C@@H](Cc1ccccc1)NC(=O)OC(C)(C)CO. The van der Waals surface area contributed by atoms with E-state index in [4.69, 9.17) is 14.2 Å². The predicted octanol–water partition coefficient (Wildman–Crippen LogP) is 3.56. The van der Waals surface area contributed by atoms with Crippen molar-refractivity contribution >= 4 is 12.2 Å². The Labute approximate surface area is 289 Å². The number of aliphatic hydroxyl groups is 3. The molecule has 0 fully saturated rings. The van der Waals surface area contributed by atoms with Gasteiger partial charge < -0.3 is 45.5 Å². The van der Waals surface area contributed by atoms with Crippen LogP contribution in [0.5, 0.6) is 5.75 Å². The molecule has 12 heteroatoms. The number of nitrogens with zero attached hydrogens (tertiary/aromatic N) is 1. The van der Waals surface area contributed by atoms with E-state index >= 15 is 0 Å². The summed E-state index contributed by atoms with van der Waals surface area (Å²) in [5.41, 5.74) is 0.856. The minimum absolute atomic E-state index is 0.0158. The monoisotopic (exact) mass is 680 g/mol. The van der Waals surface area contributed by atoms with Crippen LogP contribution in [0.1, 0.15) is 51.4 Å². The summed E-state index contributed by atoms with van der Waals surface area (Å²) in [5, 5.41) is 40.4. The van der Waals surface area contributed by atoms with Gasteiger partial charge in [-0.2, -0.15) is 0 Å². The number of hydrogen-bond donors (Lipinski definition) is 6. The number of pyridine rings is 1. The minimum atomic E-state index is -1.10. The quantitative estimate of drug-likeness (QED) is 0.117. The average Bonchev–Trinajstić information content (AvgIpc) is 3.04. The van der Waals surface area contributed by atoms with E-state index in [9.17, 15) is 24.9 Å². The standard InChI is InChI=1S/C37H52N4O8/c1-36(2,3)48-34(45)40-31(22-27-14-16-29(17-15-27)47-20-18-28-13-9-10-19-39-28)33(44)24-38-23-32(43)30(21-26-11-7-6-8-12-26)41-35(46)49-37(4,5)25-42/h6-17,19,30-33,38,42-44H,18,20-25H2,1-5H3,(H,40,45)(H,41,46)/t30-,31+,32?,33+/m1/s1. The molecule has 4 atom stereocenters. The number of hydrogen-bond acceptors (Lipinski definition) is 10. The second-order valence-electron chi connectivity index (χ2n) is 13.6. The van der Waals surface area contributed by atoms with Crippen LogP contribution < -0.4 is 20.7 Å². The molecule has 2 amide bonds. The van der Waals surface area contributed by atoms with E-state index in [2.05, 4.69) is 20.9 Å². The van der Waals surface area contributed by atoms with E-state index in [0.29, 0.717) is 31.6 Å². The van der Waals surface area contributed by atoms with Gasteiger partial charge in [0.15, 0.2) is 0 Å². The van der Waals surface area contributed by atoms with Gasteiger partial charge in [-0.05, 0) is 82.9 Å². The van der Waals surface area contributed by atoms with Crippen molar-refractivity contribution in [2.24, 2.45) is 0 Å². The Morgan fingerprint density at radius 3 is 1.84 bits per heavy atom. The maximum absolute atomic E-state index is 12.7. The summed E-state index contributed by atoms with van der Waals surface area (Å²) in [4.78, 5) is 29.7. The number of carbonyl (C=O) groups is 2. The van der Waals surface area contributed by atoms with Crippen LogP contribution in [0.25, 0.3) is 0 Å². The topological polar surface area (TPSA) is 172 Å². The van der Waals surface area contributed by atoms with Gasteiger partial charge in [0.05, 0.1) is 37.5 Å². The highest BCUT2D eigenvalue weighted by Crippen LogP contribution is 2.16. The largest absolute Gasteiger partial charge is 0.493 e. The molecule has 6 N–H and O–H groups in total. The second-order valence-corrected chi connectivity index (χ2v) is 13.6. The van der Waals surface area contributed by atoms with Crippen molar-refractivity contribution in [3.8, 4) is 5.75 Å². The lowest BCUT2D eigenvalue weighted by Crippen LogP contribution is -2.53. The molecule has 1 aromatic heterocycles. The zero-order chi connectivity index (χ0) is 35.9. The molecule has 0 saturated heterocycles. The van der Waals surface area contributed by atoms with Gasteiger partial charge in [0.2, 0.25) is 0 Å². The average molecular weight is 681 g/mol. The number of benzene rings is 2. The molecule has 1 heterocycles. The van der Waals surface area contributed by atoms with Crippen molar-refractivity contribution in [2.45, 2.75) is 89.4 Å². The summed E-state index contributed by atoms with van der Waals surface area (Å²) >= 11 is 0. The smallest absolute Gasteiger partial charge is 0.408 e. The number of rotatable bonds is 18. The van der Waals surface area contributed by atoms with E-state index in [1.165, 1.54) is 0 Å². The second kappa shape index (κ2) is 19.1. The summed E-state index contributed by atoms with van der Waals surface area (Å²) in [7, 11) is 0. The van der Waals surface area contributed by atoms with Gasteiger partial charge in [-0.1, -0.05) is 48.5 Å². The highest BCUT2D eigenvalue weighted by molar-refractivity contribution is 5.68. The molecule has 0 saturated carbocycles. The molecule has 0 bridgehead atoms. The van der Waals surface area contributed by atoms with Crippen molar-refractivity contribution in [1.29, 1.82) is 0 Å². The molecule has 0 aliphatic carbocycles. The summed E-state index contributed by atoms with van der Waals surface area (Å²) in [6.07, 6.45) is -0.542. The van der Waals surface area contributed by atoms with Gasteiger partial charge in [0.25, 0.3) is 0 Å². The molecular weight excluding hydrogens is 628 g/mol. The van der Waals surface area contributed by atoms with E-state index in [1.54, 1.807) is 40.8 Å². The molecule has 0 aliphatic heterocycles. The Hall–Kier alpha value is -4.23. The molecule has 49 heavy (non-hydrogen) atoms. The molecule has 0 aliphatic rings. The maximum Gasteiger partial charge on any atom is 0.408 e. The van der Waals surface area contributed by atoms with Crippen LogP contribution in [0.2, 0.25) is 0 Å². The van der Waals surface area contributed by atoms with Crippen molar-refractivity contribution in [2.75, 3.05) is 26.3 Å². The van der Waals surface area contributed by atoms with Crippen LogP contribution in [-0.4, -0.2) is 94.3 Å². The molecule has 268 valence electrons. The van der Waals surface area contributed by atoms with Gasteiger partial charge in [-0.3, -0.25) is 4.98 Å². The number of carbonyl (C=O) groups excluding carboxylic acids is 2. The van der Waals surface area contributed by atoms with Crippen molar-refractivity contribution < 1.29 is 39.1 Å². The third-order valence-corrected chi connectivity index (χ3v) is 7.42. The molecule has 12 nitrogen and oxygen atoms in total. The van der Waals surface area contributed by atoms with Crippen molar-refractivity contribution in [3.63, 3.8) is 0 Å². The number of aliphatic hydroxyl groups excluding tert-OH is 3. The van der Waals surface area contributed by atoms with Crippen LogP contribution in [0.15, 0.2) is 79.0 Å². The first-order chi connectivity index (χ1) is 23.2. The molecule has 3 rings (SSSR count). The Bertz CT molecular complexity index is 1400. The molecule has 1 unspecified atom stereocenters. The fourth-order valence-electron chi connectivity index (χ4n) is 4.82. The fourth-order valence-corrected chi connectivity index (χ4v) is 4.82. The zero-order valence-electron chi connectivity index (χ0n) is 29.1. The van der Waals surface area contributed by atoms with Gasteiger partial charge in [0.1, 0.15) is 17.0 Å². The highest BCUT2D eigenvalue weighted by atomic mass is 16.6. The van der Waals surface area contributed by atoms with Crippen LogP contribution in [0.4, 0.5) is 9.59 Å². The van der Waals surface area contributed by atoms with Crippen LogP contribution in [0, 0.1) is 0 Å². The molecule has 0 spiro atoms. The minimum Gasteiger partial charge on any atom is -0.493 e. The Balaban J connectivity index is 1.62. The fraction of sp³-hybridized carbons (Fsp3) is 0.486. The van der Waals surface area contributed by atoms with E-state index in [-0.39, 0.29) is 19.7 Å². The molecule has 2 aromatic carbocycles. The Kier molecular flexibility index (Phi) is 15.3. The van der Waals surface area contributed by atoms with E-state index in [1.807, 2.05) is 72.8 Å². The molecular formula is C37H52N4O8. The summed E-state index contributed by atoms with van der Waals surface area (Å²) in [6, 6.07) is 21.1. The zero-order valence-corrected chi connectivity index (χ0v) is 29.1. The first-order valence-electron chi connectivity index (χ1n) is 16.6. The van der Waals surface area contributed by atoms with Crippen LogP contribution in [0.3, 0.4) is 0 Å². The van der Waals surface area contributed by atoms with E-state index in [0.717, 1.165) is 16.8 Å². The lowest BCUT2D eigenvalue weighted by atomic mass is 10.00. The predicted molar refractivity (Wildman–Crippen MR) is 186 cm³/mol. The third-order valence-electron chi connectivity index (χ3n) is 7.42. The molecule has 3 aromatic rings. The summed E-state index contributed by atoms with van der Waals surface area (Å²) in [6.45, 7) is 8.57. The van der Waals surface area contributed by atoms with Gasteiger partial charge in [-0.25, -0.2) is 9.59 Å². The first-order valence-corrected chi connectivity index (χ1v) is 16.6. The normalized spacial score (nSPS) is 14.2. The van der Waals surface area contributed by atoms with Crippen LogP contribution in [-0.2, 0) is 28.7 Å². The number of amides is 2.